The summed E-state index contributed by atoms with van der Waals surface area (Å²) in [6.45, 7) is 3.16. The first-order valence-corrected chi connectivity index (χ1v) is 13.9. The number of ether oxygens (including phenoxy) is 5. The number of carboxylic acids is 1. The number of halogens is 1. The molecule has 0 fully saturated rings. The standard InChI is InChI=1S/C27H23IN2O9S/c1-4-36-26(34)22-13(2)29-27-30(23(22)15-5-6-17-18(10-15)39-12-38-17)25(33)20(40-27)9-14-7-16(28)24(19(8-14)35-3)37-11-21(31)32/h5-10,23H,4,11-12H2,1-3H3,(H,31,32)/b20-9-/t23-/m1/s1. The predicted octanol–water partition coefficient (Wildman–Crippen LogP) is 2.60. The van der Waals surface area contributed by atoms with Crippen LogP contribution in [0.3, 0.4) is 0 Å². The highest BCUT2D eigenvalue weighted by Gasteiger charge is 2.34. The third-order valence-corrected chi connectivity index (χ3v) is 7.90. The maximum Gasteiger partial charge on any atom is 0.341 e. The number of carboxylic acid groups (broad SMARTS) is 1. The normalized spacial score (nSPS) is 15.9. The van der Waals surface area contributed by atoms with Crippen LogP contribution in [0.2, 0.25) is 0 Å². The molecule has 2 aromatic carbocycles. The van der Waals surface area contributed by atoms with Crippen molar-refractivity contribution in [3.63, 3.8) is 0 Å². The second-order valence-corrected chi connectivity index (χ2v) is 10.8. The highest BCUT2D eigenvalue weighted by Crippen LogP contribution is 2.38. The Balaban J connectivity index is 1.65. The zero-order chi connectivity index (χ0) is 28.6. The maximum absolute atomic E-state index is 13.9. The molecule has 13 heteroatoms. The molecule has 0 radical (unpaired) electrons. The lowest BCUT2D eigenvalue weighted by Crippen LogP contribution is -2.39. The average Bonchev–Trinajstić information content (AvgIpc) is 3.50. The van der Waals surface area contributed by atoms with E-state index in [2.05, 4.69) is 4.99 Å². The number of rotatable bonds is 8. The van der Waals surface area contributed by atoms with Gasteiger partial charge in [-0.3, -0.25) is 9.36 Å². The lowest BCUT2D eigenvalue weighted by molar-refractivity contribution is -0.140. The topological polar surface area (TPSA) is 135 Å². The molecule has 1 atom stereocenters. The number of carbonyl (C=O) groups is 2. The minimum absolute atomic E-state index is 0.0868. The Morgan fingerprint density at radius 2 is 2.02 bits per heavy atom. The van der Waals surface area contributed by atoms with Gasteiger partial charge in [-0.05, 0) is 77.9 Å². The number of allylic oxidation sites excluding steroid dienone is 1. The Morgan fingerprint density at radius 1 is 1.25 bits per heavy atom. The predicted molar refractivity (Wildman–Crippen MR) is 152 cm³/mol. The van der Waals surface area contributed by atoms with Crippen LogP contribution in [0.15, 0.2) is 51.4 Å². The lowest BCUT2D eigenvalue weighted by atomic mass is 9.95. The maximum atomic E-state index is 13.9. The first-order chi connectivity index (χ1) is 19.2. The summed E-state index contributed by atoms with van der Waals surface area (Å²) >= 11 is 3.20. The quantitative estimate of drug-likeness (QED) is 0.282. The van der Waals surface area contributed by atoms with Crippen molar-refractivity contribution in [3.05, 3.63) is 76.0 Å². The van der Waals surface area contributed by atoms with Gasteiger partial charge in [-0.2, -0.15) is 0 Å². The zero-order valence-electron chi connectivity index (χ0n) is 21.6. The highest BCUT2D eigenvalue weighted by molar-refractivity contribution is 14.1. The van der Waals surface area contributed by atoms with Crippen LogP contribution in [0.4, 0.5) is 0 Å². The summed E-state index contributed by atoms with van der Waals surface area (Å²) in [7, 11) is 1.45. The van der Waals surface area contributed by atoms with Crippen LogP contribution in [-0.4, -0.2) is 48.7 Å². The summed E-state index contributed by atoms with van der Waals surface area (Å²) < 4.78 is 29.6. The molecule has 0 aliphatic carbocycles. The Kier molecular flexibility index (Phi) is 7.85. The van der Waals surface area contributed by atoms with Crippen molar-refractivity contribution in [3.8, 4) is 23.0 Å². The minimum Gasteiger partial charge on any atom is -0.493 e. The number of hydrogen-bond donors (Lipinski definition) is 1. The number of thiazole rings is 1. The smallest absolute Gasteiger partial charge is 0.341 e. The molecule has 1 aromatic heterocycles. The number of esters is 1. The van der Waals surface area contributed by atoms with Gasteiger partial charge in [0.25, 0.3) is 5.56 Å². The van der Waals surface area contributed by atoms with E-state index in [9.17, 15) is 14.4 Å². The second kappa shape index (κ2) is 11.3. The van der Waals surface area contributed by atoms with Crippen LogP contribution in [0, 0.1) is 3.57 Å². The molecule has 11 nitrogen and oxygen atoms in total. The third-order valence-electron chi connectivity index (χ3n) is 6.12. The number of aromatic nitrogens is 1. The van der Waals surface area contributed by atoms with Gasteiger partial charge >= 0.3 is 11.9 Å². The van der Waals surface area contributed by atoms with Gasteiger partial charge in [-0.1, -0.05) is 17.4 Å². The zero-order valence-corrected chi connectivity index (χ0v) is 24.5. The molecule has 2 aliphatic heterocycles. The van der Waals surface area contributed by atoms with Crippen molar-refractivity contribution in [1.29, 1.82) is 0 Å². The van der Waals surface area contributed by atoms with Crippen LogP contribution in [0.1, 0.15) is 31.0 Å². The number of fused-ring (bicyclic) bond motifs is 2. The van der Waals surface area contributed by atoms with Crippen molar-refractivity contribution in [2.45, 2.75) is 19.9 Å². The lowest BCUT2D eigenvalue weighted by Gasteiger charge is -2.24. The van der Waals surface area contributed by atoms with Crippen LogP contribution in [0.25, 0.3) is 6.08 Å². The Bertz CT molecular complexity index is 1740. The van der Waals surface area contributed by atoms with Gasteiger partial charge in [0.1, 0.15) is 0 Å². The van der Waals surface area contributed by atoms with Crippen LogP contribution >= 0.6 is 33.9 Å². The fourth-order valence-corrected chi connectivity index (χ4v) is 6.27. The summed E-state index contributed by atoms with van der Waals surface area (Å²) in [6.07, 6.45) is 1.69. The van der Waals surface area contributed by atoms with Gasteiger partial charge in [0.05, 0.1) is 39.1 Å². The van der Waals surface area contributed by atoms with Gasteiger partial charge in [0.15, 0.2) is 34.4 Å². The van der Waals surface area contributed by atoms with Gasteiger partial charge < -0.3 is 28.8 Å². The van der Waals surface area contributed by atoms with E-state index in [1.54, 1.807) is 50.3 Å². The van der Waals surface area contributed by atoms with Gasteiger partial charge in [0, 0.05) is 0 Å². The average molecular weight is 678 g/mol. The van der Waals surface area contributed by atoms with Gasteiger partial charge in [-0.25, -0.2) is 14.6 Å². The van der Waals surface area contributed by atoms with E-state index in [0.717, 1.165) is 0 Å². The molecular weight excluding hydrogens is 655 g/mol. The minimum atomic E-state index is -1.11. The number of benzene rings is 2. The molecular formula is C27H23IN2O9S. The highest BCUT2D eigenvalue weighted by atomic mass is 127. The SMILES string of the molecule is CCOC(=O)C1=C(C)N=c2s/c(=C\c3cc(I)c(OCC(=O)O)c(OC)c3)c(=O)n2[C@@H]1c1ccc2c(c1)OCO2. The van der Waals surface area contributed by atoms with Crippen LogP contribution in [-0.2, 0) is 14.3 Å². The molecule has 5 rings (SSSR count). The molecule has 0 amide bonds. The van der Waals surface area contributed by atoms with Crippen molar-refractivity contribution in [1.82, 2.24) is 4.57 Å². The second-order valence-electron chi connectivity index (χ2n) is 8.63. The Labute approximate surface area is 245 Å². The largest absolute Gasteiger partial charge is 0.493 e. The van der Waals surface area contributed by atoms with E-state index in [1.807, 2.05) is 22.6 Å². The van der Waals surface area contributed by atoms with Crippen LogP contribution < -0.4 is 33.8 Å². The van der Waals surface area contributed by atoms with E-state index in [4.69, 9.17) is 28.8 Å². The number of aliphatic carboxylic acids is 1. The number of carbonyl (C=O) groups excluding carboxylic acids is 1. The number of nitrogens with zero attached hydrogens (tertiary/aromatic N) is 2. The monoisotopic (exact) mass is 678 g/mol. The van der Waals surface area contributed by atoms with E-state index in [1.165, 1.54) is 23.0 Å². The van der Waals surface area contributed by atoms with Crippen molar-refractivity contribution < 1.29 is 38.4 Å². The summed E-state index contributed by atoms with van der Waals surface area (Å²) in [6, 6.07) is 7.90. The molecule has 3 heterocycles. The number of hydrogen-bond acceptors (Lipinski definition) is 10. The van der Waals surface area contributed by atoms with Crippen LogP contribution in [0.5, 0.6) is 23.0 Å². The molecule has 0 bridgehead atoms. The van der Waals surface area contributed by atoms with Gasteiger partial charge in [0.2, 0.25) is 6.79 Å². The first-order valence-electron chi connectivity index (χ1n) is 12.0. The third kappa shape index (κ3) is 5.18. The summed E-state index contributed by atoms with van der Waals surface area (Å²) in [5.41, 5.74) is 1.64. The van der Waals surface area contributed by atoms with Crippen molar-refractivity contribution in [2.75, 3.05) is 27.1 Å². The van der Waals surface area contributed by atoms with E-state index in [-0.39, 0.29) is 24.5 Å². The molecule has 0 unspecified atom stereocenters. The fraction of sp³-hybridized carbons (Fsp3) is 0.259. The summed E-state index contributed by atoms with van der Waals surface area (Å²) in [5, 5.41) is 8.98. The summed E-state index contributed by atoms with van der Waals surface area (Å²) in [5.74, 6) is 0.0418. The molecule has 1 N–H and O–H groups in total. The van der Waals surface area contributed by atoms with Crippen molar-refractivity contribution >= 4 is 51.9 Å². The van der Waals surface area contributed by atoms with Gasteiger partial charge in [-0.15, -0.1) is 0 Å². The van der Waals surface area contributed by atoms with E-state index >= 15 is 0 Å². The molecule has 208 valence electrons. The number of methoxy groups -OCH3 is 1. The van der Waals surface area contributed by atoms with E-state index in [0.29, 0.717) is 52.7 Å². The molecule has 2 aliphatic rings. The molecule has 0 saturated heterocycles. The Morgan fingerprint density at radius 3 is 2.75 bits per heavy atom. The van der Waals surface area contributed by atoms with E-state index < -0.39 is 24.6 Å². The van der Waals surface area contributed by atoms with Crippen molar-refractivity contribution in [2.24, 2.45) is 4.99 Å². The summed E-state index contributed by atoms with van der Waals surface area (Å²) in [4.78, 5) is 43.0. The Hall–Kier alpha value is -3.85. The molecule has 0 spiro atoms. The molecule has 3 aromatic rings. The fourth-order valence-electron chi connectivity index (χ4n) is 4.44. The molecule has 0 saturated carbocycles. The molecule has 40 heavy (non-hydrogen) atoms. The first kappa shape index (κ1) is 27.7.